The van der Waals surface area contributed by atoms with E-state index in [1.54, 1.807) is 13.8 Å². The van der Waals surface area contributed by atoms with Crippen LogP contribution in [0.1, 0.15) is 34.2 Å². The zero-order chi connectivity index (χ0) is 19.6. The molecule has 0 radical (unpaired) electrons. The summed E-state index contributed by atoms with van der Waals surface area (Å²) < 4.78 is 32.7. The summed E-state index contributed by atoms with van der Waals surface area (Å²) in [4.78, 5) is 15.9. The predicted octanol–water partition coefficient (Wildman–Crippen LogP) is 2.47. The third-order valence-electron chi connectivity index (χ3n) is 4.76. The number of hydrogen-bond donors (Lipinski definition) is 2. The van der Waals surface area contributed by atoms with Gasteiger partial charge in [-0.1, -0.05) is 19.1 Å². The molecule has 8 heteroatoms. The molecule has 1 amide bonds. The predicted molar refractivity (Wildman–Crippen MR) is 104 cm³/mol. The number of carbonyl (C=O) groups is 1. The number of morpholine rings is 1. The van der Waals surface area contributed by atoms with E-state index in [0.717, 1.165) is 12.0 Å². The van der Waals surface area contributed by atoms with Crippen LogP contribution in [0.25, 0.3) is 0 Å². The Morgan fingerprint density at radius 3 is 2.63 bits per heavy atom. The molecule has 0 saturated carbocycles. The molecule has 3 rings (SSSR count). The molecule has 2 heterocycles. The monoisotopic (exact) mass is 391 g/mol. The molecule has 7 nitrogen and oxygen atoms in total. The van der Waals surface area contributed by atoms with Gasteiger partial charge in [0.25, 0.3) is 5.91 Å². The third-order valence-corrected chi connectivity index (χ3v) is 6.93. The number of nitrogens with one attached hydrogen (secondary N) is 2. The first-order valence-electron chi connectivity index (χ1n) is 9.02. The number of amides is 1. The minimum atomic E-state index is -3.68. The van der Waals surface area contributed by atoms with Gasteiger partial charge in [-0.3, -0.25) is 4.79 Å². The summed E-state index contributed by atoms with van der Waals surface area (Å²) in [7, 11) is -3.68. The summed E-state index contributed by atoms with van der Waals surface area (Å²) in [5.74, 6) is -0.354. The van der Waals surface area contributed by atoms with E-state index in [2.05, 4.69) is 10.3 Å². The second-order valence-electron chi connectivity index (χ2n) is 6.60. The molecule has 146 valence electrons. The topological polar surface area (TPSA) is 91.5 Å². The van der Waals surface area contributed by atoms with Gasteiger partial charge >= 0.3 is 0 Å². The van der Waals surface area contributed by atoms with Crippen molar-refractivity contribution in [3.05, 3.63) is 46.8 Å². The highest BCUT2D eigenvalue weighted by Gasteiger charge is 2.32. The summed E-state index contributed by atoms with van der Waals surface area (Å²) in [6, 6.07) is 7.60. The molecule has 1 aromatic carbocycles. The molecule has 0 bridgehead atoms. The maximum Gasteiger partial charge on any atom is 0.272 e. The summed E-state index contributed by atoms with van der Waals surface area (Å²) in [6.07, 6.45) is 0.867. The SMILES string of the molecule is CCc1cccc(NC(=O)c2[nH]c(C)c(S(=O)(=O)N3CCOCC3)c2C)c1. The van der Waals surface area contributed by atoms with Crippen LogP contribution >= 0.6 is 0 Å². The number of sulfonamides is 1. The fraction of sp³-hybridized carbons (Fsp3) is 0.421. The van der Waals surface area contributed by atoms with Crippen molar-refractivity contribution < 1.29 is 17.9 Å². The van der Waals surface area contributed by atoms with Gasteiger partial charge in [-0.2, -0.15) is 4.31 Å². The zero-order valence-corrected chi connectivity index (χ0v) is 16.6. The van der Waals surface area contributed by atoms with E-state index < -0.39 is 10.0 Å². The lowest BCUT2D eigenvalue weighted by atomic mass is 10.1. The van der Waals surface area contributed by atoms with E-state index >= 15 is 0 Å². The Morgan fingerprint density at radius 1 is 1.26 bits per heavy atom. The van der Waals surface area contributed by atoms with Crippen LogP contribution in [-0.4, -0.2) is 49.9 Å². The van der Waals surface area contributed by atoms with Gasteiger partial charge in [-0.15, -0.1) is 0 Å². The van der Waals surface area contributed by atoms with Gasteiger partial charge < -0.3 is 15.0 Å². The Kier molecular flexibility index (Phi) is 5.69. The zero-order valence-electron chi connectivity index (χ0n) is 15.8. The standard InChI is InChI=1S/C19H25N3O4S/c1-4-15-6-5-7-16(12-15)21-19(23)17-13(2)18(14(3)20-17)27(24,25)22-8-10-26-11-9-22/h5-7,12,20H,4,8-11H2,1-3H3,(H,21,23). The Bertz CT molecular complexity index is 944. The number of anilines is 1. The molecule has 1 fully saturated rings. The molecule has 1 aliphatic rings. The first-order chi connectivity index (χ1) is 12.8. The van der Waals surface area contributed by atoms with Crippen molar-refractivity contribution in [2.24, 2.45) is 0 Å². The summed E-state index contributed by atoms with van der Waals surface area (Å²) in [5, 5.41) is 2.85. The molecule has 1 saturated heterocycles. The number of ether oxygens (including phenoxy) is 1. The molecule has 0 unspecified atom stereocenters. The average molecular weight is 391 g/mol. The second kappa shape index (κ2) is 7.84. The quantitative estimate of drug-likeness (QED) is 0.819. The number of nitrogens with zero attached hydrogens (tertiary/aromatic N) is 1. The van der Waals surface area contributed by atoms with Crippen LogP contribution in [0.4, 0.5) is 5.69 Å². The molecule has 2 aromatic rings. The number of H-pyrrole nitrogens is 1. The van der Waals surface area contributed by atoms with E-state index in [0.29, 0.717) is 43.2 Å². The summed E-state index contributed by atoms with van der Waals surface area (Å²) >= 11 is 0. The van der Waals surface area contributed by atoms with Crippen molar-refractivity contribution in [1.82, 2.24) is 9.29 Å². The number of aromatic nitrogens is 1. The van der Waals surface area contributed by atoms with Crippen molar-refractivity contribution in [3.8, 4) is 0 Å². The lowest BCUT2D eigenvalue weighted by Gasteiger charge is -2.26. The van der Waals surface area contributed by atoms with E-state index in [4.69, 9.17) is 4.74 Å². The molecule has 1 aromatic heterocycles. The second-order valence-corrected chi connectivity index (χ2v) is 8.48. The Balaban J connectivity index is 1.89. The van der Waals surface area contributed by atoms with Gasteiger partial charge in [0.15, 0.2) is 0 Å². The average Bonchev–Trinajstić information content (AvgIpc) is 2.97. The highest BCUT2D eigenvalue weighted by Crippen LogP contribution is 2.27. The molecule has 27 heavy (non-hydrogen) atoms. The van der Waals surface area contributed by atoms with Gasteiger partial charge in [0, 0.05) is 24.5 Å². The first kappa shape index (κ1) is 19.6. The number of benzene rings is 1. The number of hydrogen-bond acceptors (Lipinski definition) is 4. The normalized spacial score (nSPS) is 15.7. The number of carbonyl (C=O) groups excluding carboxylic acids is 1. The minimum absolute atomic E-state index is 0.178. The largest absolute Gasteiger partial charge is 0.379 e. The Labute approximate surface area is 159 Å². The van der Waals surface area contributed by atoms with Crippen LogP contribution in [0.15, 0.2) is 29.2 Å². The molecule has 0 aliphatic carbocycles. The van der Waals surface area contributed by atoms with Crippen molar-refractivity contribution in [1.29, 1.82) is 0 Å². The molecular weight excluding hydrogens is 366 g/mol. The van der Waals surface area contributed by atoms with Crippen molar-refractivity contribution in [2.75, 3.05) is 31.6 Å². The van der Waals surface area contributed by atoms with Gasteiger partial charge in [-0.05, 0) is 43.5 Å². The van der Waals surface area contributed by atoms with Crippen molar-refractivity contribution in [3.63, 3.8) is 0 Å². The van der Waals surface area contributed by atoms with Gasteiger partial charge in [0.1, 0.15) is 10.6 Å². The molecular formula is C19H25N3O4S. The van der Waals surface area contributed by atoms with Crippen LogP contribution in [0, 0.1) is 13.8 Å². The van der Waals surface area contributed by atoms with Crippen LogP contribution in [0.2, 0.25) is 0 Å². The van der Waals surface area contributed by atoms with E-state index in [1.165, 1.54) is 4.31 Å². The fourth-order valence-electron chi connectivity index (χ4n) is 3.33. The van der Waals surface area contributed by atoms with E-state index in [-0.39, 0.29) is 16.5 Å². The number of aryl methyl sites for hydroxylation is 2. The lowest BCUT2D eigenvalue weighted by Crippen LogP contribution is -2.40. The van der Waals surface area contributed by atoms with Crippen LogP contribution in [0.5, 0.6) is 0 Å². The Hall–Kier alpha value is -2.16. The smallest absolute Gasteiger partial charge is 0.272 e. The summed E-state index contributed by atoms with van der Waals surface area (Å²) in [5.41, 5.74) is 2.96. The van der Waals surface area contributed by atoms with Gasteiger partial charge in [0.05, 0.1) is 13.2 Å². The van der Waals surface area contributed by atoms with Crippen LogP contribution in [-0.2, 0) is 21.2 Å². The van der Waals surface area contributed by atoms with E-state index in [1.807, 2.05) is 31.2 Å². The third kappa shape index (κ3) is 3.92. The highest BCUT2D eigenvalue weighted by atomic mass is 32.2. The lowest BCUT2D eigenvalue weighted by molar-refractivity contribution is 0.0730. The van der Waals surface area contributed by atoms with Crippen molar-refractivity contribution >= 4 is 21.6 Å². The number of rotatable bonds is 5. The number of aromatic amines is 1. The maximum absolute atomic E-state index is 13.0. The van der Waals surface area contributed by atoms with Gasteiger partial charge in [0.2, 0.25) is 10.0 Å². The minimum Gasteiger partial charge on any atom is -0.379 e. The molecule has 2 N–H and O–H groups in total. The summed E-state index contributed by atoms with van der Waals surface area (Å²) in [6.45, 7) is 6.77. The highest BCUT2D eigenvalue weighted by molar-refractivity contribution is 7.89. The maximum atomic E-state index is 13.0. The fourth-order valence-corrected chi connectivity index (χ4v) is 5.14. The van der Waals surface area contributed by atoms with E-state index in [9.17, 15) is 13.2 Å². The van der Waals surface area contributed by atoms with Gasteiger partial charge in [-0.25, -0.2) is 8.42 Å². The van der Waals surface area contributed by atoms with Crippen molar-refractivity contribution in [2.45, 2.75) is 32.1 Å². The first-order valence-corrected chi connectivity index (χ1v) is 10.5. The van der Waals surface area contributed by atoms with Crippen LogP contribution in [0.3, 0.4) is 0 Å². The molecule has 1 aliphatic heterocycles. The molecule has 0 atom stereocenters. The molecule has 0 spiro atoms. The van der Waals surface area contributed by atoms with Crippen LogP contribution < -0.4 is 5.32 Å². The Morgan fingerprint density at radius 2 is 1.96 bits per heavy atom.